The Labute approximate surface area is 73.2 Å². The van der Waals surface area contributed by atoms with E-state index in [2.05, 4.69) is 31.2 Å². The van der Waals surface area contributed by atoms with Gasteiger partial charge in [0, 0.05) is 0 Å². The van der Waals surface area contributed by atoms with Crippen LogP contribution in [-0.4, -0.2) is 0 Å². The zero-order chi connectivity index (χ0) is 8.27. The number of alkyl halides is 1. The molecule has 0 spiro atoms. The Morgan fingerprint density at radius 1 is 1.27 bits per heavy atom. The molecule has 0 amide bonds. The lowest BCUT2D eigenvalue weighted by Gasteiger charge is -2.03. The lowest BCUT2D eigenvalue weighted by molar-refractivity contribution is 1.07. The van der Waals surface area contributed by atoms with Gasteiger partial charge in [-0.3, -0.25) is 0 Å². The van der Waals surface area contributed by atoms with Crippen molar-refractivity contribution >= 4 is 11.6 Å². The molecule has 1 atom stereocenters. The maximum atomic E-state index is 5.90. The molecule has 0 bridgehead atoms. The molecule has 0 saturated heterocycles. The maximum absolute atomic E-state index is 5.90. The highest BCUT2D eigenvalue weighted by Gasteiger charge is 1.98. The first kappa shape index (κ1) is 8.61. The summed E-state index contributed by atoms with van der Waals surface area (Å²) in [5, 5.41) is 0.126. The van der Waals surface area contributed by atoms with E-state index in [9.17, 15) is 0 Å². The molecular formula is C10H13Cl. The van der Waals surface area contributed by atoms with Crippen molar-refractivity contribution in [1.82, 2.24) is 0 Å². The fraction of sp³-hybridized carbons (Fsp3) is 0.400. The molecule has 0 saturated carbocycles. The molecule has 0 aromatic heterocycles. The van der Waals surface area contributed by atoms with Crippen molar-refractivity contribution in [1.29, 1.82) is 0 Å². The number of hydrogen-bond donors (Lipinski definition) is 0. The summed E-state index contributed by atoms with van der Waals surface area (Å²) in [7, 11) is 0. The van der Waals surface area contributed by atoms with E-state index in [0.717, 1.165) is 6.42 Å². The molecule has 11 heavy (non-hydrogen) atoms. The standard InChI is InChI=1S/C10H13Cl/c1-3-9-4-6-10(7-5-9)8(2)11/h4-8H,3H2,1-2H3. The third-order valence-electron chi connectivity index (χ3n) is 1.85. The molecule has 0 aliphatic carbocycles. The number of rotatable bonds is 2. The SMILES string of the molecule is CCc1ccc(C(C)Cl)cc1. The van der Waals surface area contributed by atoms with Gasteiger partial charge in [0.15, 0.2) is 0 Å². The highest BCUT2D eigenvalue weighted by atomic mass is 35.5. The molecule has 1 aromatic carbocycles. The third-order valence-corrected chi connectivity index (χ3v) is 2.10. The van der Waals surface area contributed by atoms with Crippen molar-refractivity contribution < 1.29 is 0 Å². The average molecular weight is 169 g/mol. The Morgan fingerprint density at radius 3 is 2.18 bits per heavy atom. The first-order valence-corrected chi connectivity index (χ1v) is 4.40. The monoisotopic (exact) mass is 168 g/mol. The van der Waals surface area contributed by atoms with Crippen LogP contribution in [0.25, 0.3) is 0 Å². The van der Waals surface area contributed by atoms with Crippen molar-refractivity contribution in [3.8, 4) is 0 Å². The fourth-order valence-electron chi connectivity index (χ4n) is 1.02. The molecule has 0 nitrogen and oxygen atoms in total. The molecule has 0 aliphatic heterocycles. The maximum Gasteiger partial charge on any atom is 0.0557 e. The van der Waals surface area contributed by atoms with Crippen molar-refractivity contribution in [3.63, 3.8) is 0 Å². The zero-order valence-electron chi connectivity index (χ0n) is 6.97. The van der Waals surface area contributed by atoms with E-state index < -0.39 is 0 Å². The van der Waals surface area contributed by atoms with Crippen LogP contribution >= 0.6 is 11.6 Å². The molecule has 1 rings (SSSR count). The predicted octanol–water partition coefficient (Wildman–Crippen LogP) is 3.55. The lowest BCUT2D eigenvalue weighted by Crippen LogP contribution is -1.85. The molecule has 60 valence electrons. The molecule has 0 heterocycles. The van der Waals surface area contributed by atoms with E-state index in [0.29, 0.717) is 0 Å². The Balaban J connectivity index is 2.83. The fourth-order valence-corrected chi connectivity index (χ4v) is 1.16. The van der Waals surface area contributed by atoms with Crippen molar-refractivity contribution in [3.05, 3.63) is 35.4 Å². The predicted molar refractivity (Wildman–Crippen MR) is 50.1 cm³/mol. The minimum Gasteiger partial charge on any atom is -0.118 e. The van der Waals surface area contributed by atoms with Gasteiger partial charge >= 0.3 is 0 Å². The highest BCUT2D eigenvalue weighted by Crippen LogP contribution is 2.19. The van der Waals surface area contributed by atoms with Crippen LogP contribution in [0.5, 0.6) is 0 Å². The van der Waals surface area contributed by atoms with Gasteiger partial charge in [-0.2, -0.15) is 0 Å². The zero-order valence-corrected chi connectivity index (χ0v) is 7.73. The first-order valence-electron chi connectivity index (χ1n) is 3.97. The Kier molecular flexibility index (Phi) is 2.95. The summed E-state index contributed by atoms with van der Waals surface area (Å²) in [4.78, 5) is 0. The number of aryl methyl sites for hydroxylation is 1. The molecule has 1 aromatic rings. The molecule has 0 fully saturated rings. The van der Waals surface area contributed by atoms with Gasteiger partial charge in [-0.05, 0) is 24.5 Å². The van der Waals surface area contributed by atoms with E-state index in [1.165, 1.54) is 11.1 Å². The van der Waals surface area contributed by atoms with Crippen LogP contribution in [0.4, 0.5) is 0 Å². The average Bonchev–Trinajstić information content (AvgIpc) is 2.05. The summed E-state index contributed by atoms with van der Waals surface area (Å²) >= 11 is 5.90. The Hall–Kier alpha value is -0.490. The van der Waals surface area contributed by atoms with Gasteiger partial charge in [-0.15, -0.1) is 11.6 Å². The van der Waals surface area contributed by atoms with Crippen molar-refractivity contribution in [2.24, 2.45) is 0 Å². The Bertz CT molecular complexity index is 211. The second-order valence-corrected chi connectivity index (χ2v) is 3.37. The van der Waals surface area contributed by atoms with Crippen molar-refractivity contribution in [2.75, 3.05) is 0 Å². The molecule has 0 N–H and O–H groups in total. The molecular weight excluding hydrogens is 156 g/mol. The minimum atomic E-state index is 0.126. The molecule has 1 unspecified atom stereocenters. The minimum absolute atomic E-state index is 0.126. The summed E-state index contributed by atoms with van der Waals surface area (Å²) < 4.78 is 0. The van der Waals surface area contributed by atoms with E-state index in [-0.39, 0.29) is 5.38 Å². The smallest absolute Gasteiger partial charge is 0.0557 e. The van der Waals surface area contributed by atoms with Gasteiger partial charge < -0.3 is 0 Å². The van der Waals surface area contributed by atoms with Crippen molar-refractivity contribution in [2.45, 2.75) is 25.6 Å². The number of hydrogen-bond acceptors (Lipinski definition) is 0. The van der Waals surface area contributed by atoms with Gasteiger partial charge in [-0.25, -0.2) is 0 Å². The molecule has 0 radical (unpaired) electrons. The molecule has 1 heteroatoms. The van der Waals surface area contributed by atoms with Crippen LogP contribution < -0.4 is 0 Å². The van der Waals surface area contributed by atoms with Crippen LogP contribution in [0.3, 0.4) is 0 Å². The van der Waals surface area contributed by atoms with Crippen LogP contribution in [0.2, 0.25) is 0 Å². The van der Waals surface area contributed by atoms with Gasteiger partial charge in [0.05, 0.1) is 5.38 Å². The van der Waals surface area contributed by atoms with Crippen LogP contribution in [0, 0.1) is 0 Å². The summed E-state index contributed by atoms with van der Waals surface area (Å²) in [5.74, 6) is 0. The quantitative estimate of drug-likeness (QED) is 0.593. The summed E-state index contributed by atoms with van der Waals surface area (Å²) in [5.41, 5.74) is 2.56. The van der Waals surface area contributed by atoms with Gasteiger partial charge in [0.2, 0.25) is 0 Å². The first-order chi connectivity index (χ1) is 5.24. The highest BCUT2D eigenvalue weighted by molar-refractivity contribution is 6.20. The number of benzene rings is 1. The second-order valence-electron chi connectivity index (χ2n) is 2.71. The third kappa shape index (κ3) is 2.23. The van der Waals surface area contributed by atoms with Crippen LogP contribution in [0.15, 0.2) is 24.3 Å². The Morgan fingerprint density at radius 2 is 1.82 bits per heavy atom. The largest absolute Gasteiger partial charge is 0.118 e. The van der Waals surface area contributed by atoms with E-state index >= 15 is 0 Å². The van der Waals surface area contributed by atoms with Gasteiger partial charge in [0.25, 0.3) is 0 Å². The lowest BCUT2D eigenvalue weighted by atomic mass is 10.1. The van der Waals surface area contributed by atoms with E-state index in [1.807, 2.05) is 6.92 Å². The summed E-state index contributed by atoms with van der Waals surface area (Å²) in [6, 6.07) is 8.45. The topological polar surface area (TPSA) is 0 Å². The summed E-state index contributed by atoms with van der Waals surface area (Å²) in [6.07, 6.45) is 1.09. The second kappa shape index (κ2) is 3.77. The molecule has 0 aliphatic rings. The van der Waals surface area contributed by atoms with Crippen LogP contribution in [-0.2, 0) is 6.42 Å². The number of halogens is 1. The van der Waals surface area contributed by atoms with E-state index in [4.69, 9.17) is 11.6 Å². The van der Waals surface area contributed by atoms with Gasteiger partial charge in [-0.1, -0.05) is 31.2 Å². The van der Waals surface area contributed by atoms with Crippen LogP contribution in [0.1, 0.15) is 30.4 Å². The normalized spacial score (nSPS) is 13.0. The van der Waals surface area contributed by atoms with Gasteiger partial charge in [0.1, 0.15) is 0 Å². The van der Waals surface area contributed by atoms with E-state index in [1.54, 1.807) is 0 Å². The summed E-state index contributed by atoms with van der Waals surface area (Å²) in [6.45, 7) is 4.14.